The SMILES string of the molecule is CC1=NO[C@@]2(CC[C@H](C)N3C[C@H]2n2cc(C(=O)NCc4ccc(F)cc4F)c(=O)c(OCOC(=O)O)c2C3=O)C1. The number of hydrogen-bond acceptors (Lipinski definition) is 8. The molecule has 2 bridgehead atoms. The molecule has 0 radical (unpaired) electrons. The average molecular weight is 561 g/mol. The molecule has 40 heavy (non-hydrogen) atoms. The van der Waals surface area contributed by atoms with Crippen LogP contribution in [0.1, 0.15) is 65.6 Å². The molecule has 1 aromatic heterocycles. The van der Waals surface area contributed by atoms with Gasteiger partial charge in [-0.1, -0.05) is 11.2 Å². The van der Waals surface area contributed by atoms with E-state index >= 15 is 0 Å². The third-order valence-electron chi connectivity index (χ3n) is 7.51. The lowest BCUT2D eigenvalue weighted by Gasteiger charge is -2.42. The number of nitrogens with zero attached hydrogens (tertiary/aromatic N) is 3. The van der Waals surface area contributed by atoms with E-state index in [1.54, 1.807) is 4.90 Å². The molecule has 0 unspecified atom stereocenters. The number of ether oxygens (including phenoxy) is 2. The van der Waals surface area contributed by atoms with Crippen LogP contribution < -0.4 is 15.5 Å². The zero-order chi connectivity index (χ0) is 28.8. The first-order chi connectivity index (χ1) is 19.0. The second-order valence-electron chi connectivity index (χ2n) is 10.1. The van der Waals surface area contributed by atoms with Crippen molar-refractivity contribution in [3.63, 3.8) is 0 Å². The van der Waals surface area contributed by atoms with Crippen LogP contribution in [-0.2, 0) is 16.1 Å². The summed E-state index contributed by atoms with van der Waals surface area (Å²) in [6, 6.07) is 2.04. The maximum Gasteiger partial charge on any atom is 0.508 e. The molecular formula is C26H26F2N4O8. The van der Waals surface area contributed by atoms with Crippen LogP contribution in [0.2, 0.25) is 0 Å². The first-order valence-electron chi connectivity index (χ1n) is 12.5. The van der Waals surface area contributed by atoms with Gasteiger partial charge in [0.1, 0.15) is 17.2 Å². The van der Waals surface area contributed by atoms with Gasteiger partial charge < -0.3 is 34.2 Å². The molecule has 2 amide bonds. The molecular weight excluding hydrogens is 534 g/mol. The summed E-state index contributed by atoms with van der Waals surface area (Å²) in [4.78, 5) is 58.9. The van der Waals surface area contributed by atoms with Crippen molar-refractivity contribution < 1.29 is 42.6 Å². The molecule has 3 atom stereocenters. The van der Waals surface area contributed by atoms with Crippen LogP contribution in [0.4, 0.5) is 13.6 Å². The van der Waals surface area contributed by atoms with Gasteiger partial charge in [0.05, 0.1) is 11.8 Å². The van der Waals surface area contributed by atoms with Gasteiger partial charge in [0.15, 0.2) is 11.3 Å². The van der Waals surface area contributed by atoms with Crippen molar-refractivity contribution in [2.45, 2.75) is 57.3 Å². The highest BCUT2D eigenvalue weighted by Gasteiger charge is 2.54. The normalized spacial score (nSPS) is 23.1. The molecule has 0 aliphatic carbocycles. The minimum Gasteiger partial charge on any atom is -0.451 e. The van der Waals surface area contributed by atoms with E-state index in [4.69, 9.17) is 14.7 Å². The number of aromatic nitrogens is 1. The number of benzene rings is 1. The van der Waals surface area contributed by atoms with Crippen LogP contribution >= 0.6 is 0 Å². The number of halogens is 2. The van der Waals surface area contributed by atoms with Gasteiger partial charge in [-0.15, -0.1) is 0 Å². The van der Waals surface area contributed by atoms with Crippen molar-refractivity contribution in [3.05, 3.63) is 63.1 Å². The fourth-order valence-electron chi connectivity index (χ4n) is 5.48. The van der Waals surface area contributed by atoms with Crippen LogP contribution in [0.3, 0.4) is 0 Å². The van der Waals surface area contributed by atoms with Crippen molar-refractivity contribution >= 4 is 23.7 Å². The number of fused-ring (bicyclic) bond motifs is 5. The van der Waals surface area contributed by atoms with E-state index in [-0.39, 0.29) is 30.4 Å². The number of oxime groups is 1. The fraction of sp³-hybridized carbons (Fsp3) is 0.423. The summed E-state index contributed by atoms with van der Waals surface area (Å²) in [6.45, 7) is 2.60. The van der Waals surface area contributed by atoms with Crippen LogP contribution in [-0.4, -0.2) is 63.2 Å². The Kier molecular flexibility index (Phi) is 6.94. The van der Waals surface area contributed by atoms with E-state index in [9.17, 15) is 28.0 Å². The topological polar surface area (TPSA) is 149 Å². The largest absolute Gasteiger partial charge is 0.508 e. The Labute approximate surface area is 226 Å². The molecule has 1 spiro atoms. The summed E-state index contributed by atoms with van der Waals surface area (Å²) in [6.07, 6.45) is 1.11. The van der Waals surface area contributed by atoms with Gasteiger partial charge in [-0.2, -0.15) is 0 Å². The highest BCUT2D eigenvalue weighted by Crippen LogP contribution is 2.46. The van der Waals surface area contributed by atoms with E-state index in [0.29, 0.717) is 25.3 Å². The van der Waals surface area contributed by atoms with E-state index in [2.05, 4.69) is 15.2 Å². The first-order valence-corrected chi connectivity index (χ1v) is 12.5. The van der Waals surface area contributed by atoms with Gasteiger partial charge in [0.25, 0.3) is 11.8 Å². The van der Waals surface area contributed by atoms with Crippen molar-refractivity contribution in [2.24, 2.45) is 5.16 Å². The van der Waals surface area contributed by atoms with Gasteiger partial charge in [-0.25, -0.2) is 13.6 Å². The molecule has 1 fully saturated rings. The van der Waals surface area contributed by atoms with Gasteiger partial charge >= 0.3 is 6.16 Å². The van der Waals surface area contributed by atoms with Crippen molar-refractivity contribution in [2.75, 3.05) is 13.3 Å². The molecule has 14 heteroatoms. The van der Waals surface area contributed by atoms with E-state index in [0.717, 1.165) is 17.8 Å². The lowest BCUT2D eigenvalue weighted by molar-refractivity contribution is -0.0657. The second-order valence-corrected chi connectivity index (χ2v) is 10.1. The summed E-state index contributed by atoms with van der Waals surface area (Å²) in [5, 5.41) is 15.4. The summed E-state index contributed by atoms with van der Waals surface area (Å²) in [7, 11) is 0. The smallest absolute Gasteiger partial charge is 0.451 e. The van der Waals surface area contributed by atoms with Crippen LogP contribution in [0, 0.1) is 11.6 Å². The summed E-state index contributed by atoms with van der Waals surface area (Å²) in [5.74, 6) is -3.70. The minimum atomic E-state index is -1.67. The van der Waals surface area contributed by atoms with Gasteiger partial charge in [0.2, 0.25) is 18.0 Å². The van der Waals surface area contributed by atoms with Gasteiger partial charge in [-0.3, -0.25) is 14.4 Å². The third kappa shape index (κ3) is 4.73. The Bertz CT molecular complexity index is 1490. The zero-order valence-corrected chi connectivity index (χ0v) is 21.6. The van der Waals surface area contributed by atoms with Crippen molar-refractivity contribution in [3.8, 4) is 5.75 Å². The fourth-order valence-corrected chi connectivity index (χ4v) is 5.48. The summed E-state index contributed by atoms with van der Waals surface area (Å²) in [5.41, 5.74) is -1.78. The first kappa shape index (κ1) is 27.1. The van der Waals surface area contributed by atoms with Crippen LogP contribution in [0.25, 0.3) is 0 Å². The predicted octanol–water partition coefficient (Wildman–Crippen LogP) is 2.80. The standard InChI is InChI=1S/C26H26F2N4O8/c1-13-8-26(40-30-13)6-5-14(2)31-11-19(26)32-10-17(23(34)29-9-15-3-4-16(27)7-18(15)28)21(33)22(20(32)24(31)35)38-12-39-25(36)37/h3-4,7,10,14,19H,5-6,8-9,11-12H2,1-2H3,(H,29,34)(H,36,37)/t14-,19+,26-/m0/s1. The minimum absolute atomic E-state index is 0.0198. The number of pyridine rings is 1. The van der Waals surface area contributed by atoms with Crippen molar-refractivity contribution in [1.82, 2.24) is 14.8 Å². The average Bonchev–Trinajstić information content (AvgIpc) is 3.23. The number of carbonyl (C=O) groups excluding carboxylic acids is 2. The number of rotatable bonds is 6. The number of carboxylic acid groups (broad SMARTS) is 1. The lowest BCUT2D eigenvalue weighted by atomic mass is 9.84. The number of hydrogen-bond donors (Lipinski definition) is 2. The molecule has 2 N–H and O–H groups in total. The molecule has 4 heterocycles. The molecule has 1 saturated heterocycles. The highest BCUT2D eigenvalue weighted by atomic mass is 19.1. The Morgan fingerprint density at radius 2 is 2.08 bits per heavy atom. The summed E-state index contributed by atoms with van der Waals surface area (Å²) < 4.78 is 38.6. The molecule has 5 rings (SSSR count). The number of amides is 2. The van der Waals surface area contributed by atoms with Gasteiger partial charge in [-0.05, 0) is 32.8 Å². The Hall–Kier alpha value is -4.49. The van der Waals surface area contributed by atoms with Gasteiger partial charge in [0, 0.05) is 43.4 Å². The molecule has 2 aromatic rings. The number of carbonyl (C=O) groups is 3. The molecule has 12 nitrogen and oxygen atoms in total. The number of nitrogens with one attached hydrogen (secondary N) is 1. The molecule has 3 aliphatic heterocycles. The maximum atomic E-state index is 14.1. The lowest BCUT2D eigenvalue weighted by Crippen LogP contribution is -2.52. The second kappa shape index (κ2) is 10.2. The third-order valence-corrected chi connectivity index (χ3v) is 7.51. The van der Waals surface area contributed by atoms with Crippen molar-refractivity contribution in [1.29, 1.82) is 0 Å². The highest BCUT2D eigenvalue weighted by molar-refractivity contribution is 5.99. The predicted molar refractivity (Wildman–Crippen MR) is 133 cm³/mol. The van der Waals surface area contributed by atoms with Crippen LogP contribution in [0.15, 0.2) is 34.3 Å². The quantitative estimate of drug-likeness (QED) is 0.405. The molecule has 212 valence electrons. The Morgan fingerprint density at radius 1 is 1.30 bits per heavy atom. The van der Waals surface area contributed by atoms with E-state index < -0.39 is 64.8 Å². The maximum absolute atomic E-state index is 14.1. The Morgan fingerprint density at radius 3 is 2.75 bits per heavy atom. The van der Waals surface area contributed by atoms with E-state index in [1.165, 1.54) is 10.8 Å². The monoisotopic (exact) mass is 560 g/mol. The molecule has 0 saturated carbocycles. The molecule has 1 aromatic carbocycles. The molecule has 3 aliphatic rings. The van der Waals surface area contributed by atoms with E-state index in [1.807, 2.05) is 13.8 Å². The Balaban J connectivity index is 1.60. The summed E-state index contributed by atoms with van der Waals surface area (Å²) >= 11 is 0. The van der Waals surface area contributed by atoms with Crippen LogP contribution in [0.5, 0.6) is 5.75 Å². The zero-order valence-electron chi connectivity index (χ0n) is 21.6.